The second-order valence-corrected chi connectivity index (χ2v) is 6.20. The van der Waals surface area contributed by atoms with Crippen LogP contribution in [0.1, 0.15) is 13.8 Å². The highest BCUT2D eigenvalue weighted by molar-refractivity contribution is 7.89. The van der Waals surface area contributed by atoms with Crippen molar-refractivity contribution in [1.29, 1.82) is 0 Å². The van der Waals surface area contributed by atoms with Gasteiger partial charge in [0.1, 0.15) is 4.90 Å². The van der Waals surface area contributed by atoms with E-state index in [0.717, 1.165) is 18.2 Å². The Labute approximate surface area is 126 Å². The van der Waals surface area contributed by atoms with Crippen LogP contribution in [0.4, 0.5) is 5.69 Å². The van der Waals surface area contributed by atoms with Crippen LogP contribution in [0, 0.1) is 10.1 Å². The summed E-state index contributed by atoms with van der Waals surface area (Å²) in [5, 5.41) is 13.0. The summed E-state index contributed by atoms with van der Waals surface area (Å²) in [5.74, 6) is -0.511. The third-order valence-corrected chi connectivity index (χ3v) is 4.51. The number of carbonyl (C=O) groups is 1. The van der Waals surface area contributed by atoms with E-state index < -0.39 is 37.5 Å². The number of nitrogens with one attached hydrogen (secondary N) is 2. The zero-order chi connectivity index (χ0) is 16.2. The lowest BCUT2D eigenvalue weighted by molar-refractivity contribution is -0.385. The van der Waals surface area contributed by atoms with Crippen LogP contribution in [0.25, 0.3) is 0 Å². The van der Waals surface area contributed by atoms with Crippen molar-refractivity contribution in [2.45, 2.75) is 24.8 Å². The van der Waals surface area contributed by atoms with Crippen LogP contribution < -0.4 is 10.0 Å². The Balaban J connectivity index is 3.11. The first kappa shape index (κ1) is 17.3. The number of nitro benzene ring substituents is 1. The van der Waals surface area contributed by atoms with Gasteiger partial charge in [0.25, 0.3) is 5.69 Å². The number of sulfonamides is 1. The van der Waals surface area contributed by atoms with Crippen LogP contribution in [0.3, 0.4) is 0 Å². The number of rotatable bonds is 6. The fraction of sp³-hybridized carbons (Fsp3) is 0.364. The third kappa shape index (κ3) is 4.38. The number of likely N-dealkylation sites (N-methyl/N-ethyl adjacent to an activating group) is 1. The monoisotopic (exact) mass is 335 g/mol. The summed E-state index contributed by atoms with van der Waals surface area (Å²) in [5.41, 5.74) is -0.412. The van der Waals surface area contributed by atoms with Gasteiger partial charge in [-0.25, -0.2) is 8.42 Å². The van der Waals surface area contributed by atoms with Crippen molar-refractivity contribution in [3.05, 3.63) is 33.3 Å². The van der Waals surface area contributed by atoms with E-state index in [-0.39, 0.29) is 5.02 Å². The Morgan fingerprint density at radius 1 is 1.48 bits per heavy atom. The Morgan fingerprint density at radius 2 is 2.10 bits per heavy atom. The average Bonchev–Trinajstić information content (AvgIpc) is 2.38. The average molecular weight is 336 g/mol. The standard InChI is InChI=1S/C11H14ClN3O5S/c1-3-13-11(16)7(2)14-21(19,20)10-6-8(15(17)18)4-5-9(10)12/h4-7,14H,3H2,1-2H3,(H,13,16)/t7-/m0/s1. The number of nitro groups is 1. The molecule has 0 unspecified atom stereocenters. The topological polar surface area (TPSA) is 118 Å². The Hall–Kier alpha value is -1.71. The van der Waals surface area contributed by atoms with Crippen LogP contribution in [0.5, 0.6) is 0 Å². The smallest absolute Gasteiger partial charge is 0.270 e. The Bertz CT molecular complexity index is 662. The third-order valence-electron chi connectivity index (χ3n) is 2.49. The summed E-state index contributed by atoms with van der Waals surface area (Å²) in [6, 6.07) is 2.01. The molecule has 0 fully saturated rings. The van der Waals surface area contributed by atoms with Crippen molar-refractivity contribution < 1.29 is 18.1 Å². The Morgan fingerprint density at radius 3 is 2.62 bits per heavy atom. The molecule has 0 bridgehead atoms. The fourth-order valence-corrected chi connectivity index (χ4v) is 3.21. The van der Waals surface area contributed by atoms with E-state index in [4.69, 9.17) is 11.6 Å². The predicted octanol–water partition coefficient (Wildman–Crippen LogP) is 1.05. The molecule has 8 nitrogen and oxygen atoms in total. The molecule has 1 rings (SSSR count). The van der Waals surface area contributed by atoms with Gasteiger partial charge in [-0.2, -0.15) is 4.72 Å². The molecule has 0 aliphatic rings. The maximum Gasteiger partial charge on any atom is 0.270 e. The molecule has 1 aromatic rings. The van der Waals surface area contributed by atoms with Crippen LogP contribution in [-0.2, 0) is 14.8 Å². The molecule has 0 heterocycles. The van der Waals surface area contributed by atoms with Gasteiger partial charge < -0.3 is 5.32 Å². The molecule has 0 aliphatic heterocycles. The van der Waals surface area contributed by atoms with Crippen molar-refractivity contribution in [1.82, 2.24) is 10.0 Å². The molecule has 0 saturated heterocycles. The number of carbonyl (C=O) groups excluding carboxylic acids is 1. The van der Waals surface area contributed by atoms with Crippen LogP contribution >= 0.6 is 11.6 Å². The minimum Gasteiger partial charge on any atom is -0.355 e. The fourth-order valence-electron chi connectivity index (χ4n) is 1.49. The second kappa shape index (κ2) is 6.83. The van der Waals surface area contributed by atoms with Gasteiger partial charge in [-0.1, -0.05) is 11.6 Å². The molecular formula is C11H14ClN3O5S. The molecule has 0 aromatic heterocycles. The number of hydrogen-bond donors (Lipinski definition) is 2. The van der Waals surface area contributed by atoms with Gasteiger partial charge >= 0.3 is 0 Å². The van der Waals surface area contributed by atoms with Gasteiger partial charge in [0.15, 0.2) is 0 Å². The van der Waals surface area contributed by atoms with Gasteiger partial charge in [-0.15, -0.1) is 0 Å². The van der Waals surface area contributed by atoms with Crippen molar-refractivity contribution >= 4 is 33.2 Å². The largest absolute Gasteiger partial charge is 0.355 e. The molecule has 1 amide bonds. The van der Waals surface area contributed by atoms with Crippen molar-refractivity contribution in [3.8, 4) is 0 Å². The van der Waals surface area contributed by atoms with Crippen LogP contribution in [0.2, 0.25) is 5.02 Å². The van der Waals surface area contributed by atoms with Crippen molar-refractivity contribution in [3.63, 3.8) is 0 Å². The maximum atomic E-state index is 12.1. The van der Waals surface area contributed by atoms with E-state index in [1.165, 1.54) is 6.92 Å². The molecule has 21 heavy (non-hydrogen) atoms. The first-order chi connectivity index (χ1) is 9.69. The number of nitrogens with zero attached hydrogens (tertiary/aromatic N) is 1. The molecule has 1 atom stereocenters. The number of halogens is 1. The Kier molecular flexibility index (Phi) is 5.64. The van der Waals surface area contributed by atoms with E-state index in [9.17, 15) is 23.3 Å². The van der Waals surface area contributed by atoms with E-state index in [0.29, 0.717) is 6.54 Å². The summed E-state index contributed by atoms with van der Waals surface area (Å²) < 4.78 is 26.4. The lowest BCUT2D eigenvalue weighted by Gasteiger charge is -2.14. The normalized spacial score (nSPS) is 12.7. The number of benzene rings is 1. The zero-order valence-electron chi connectivity index (χ0n) is 11.3. The highest BCUT2D eigenvalue weighted by Gasteiger charge is 2.25. The molecule has 0 saturated carbocycles. The maximum absolute atomic E-state index is 12.1. The summed E-state index contributed by atoms with van der Waals surface area (Å²) >= 11 is 5.77. The minimum absolute atomic E-state index is 0.170. The highest BCUT2D eigenvalue weighted by Crippen LogP contribution is 2.26. The lowest BCUT2D eigenvalue weighted by atomic mass is 10.3. The predicted molar refractivity (Wildman–Crippen MR) is 76.6 cm³/mol. The zero-order valence-corrected chi connectivity index (χ0v) is 12.9. The summed E-state index contributed by atoms with van der Waals surface area (Å²) in [6.07, 6.45) is 0. The van der Waals surface area contributed by atoms with Crippen molar-refractivity contribution in [2.24, 2.45) is 0 Å². The molecular weight excluding hydrogens is 322 g/mol. The molecule has 116 valence electrons. The molecule has 0 spiro atoms. The van der Waals surface area contributed by atoms with Gasteiger partial charge in [0, 0.05) is 18.7 Å². The van der Waals surface area contributed by atoms with Gasteiger partial charge in [-0.05, 0) is 19.9 Å². The molecule has 10 heteroatoms. The molecule has 1 aromatic carbocycles. The second-order valence-electron chi connectivity index (χ2n) is 4.11. The first-order valence-corrected chi connectivity index (χ1v) is 7.79. The van der Waals surface area contributed by atoms with Crippen LogP contribution in [-0.4, -0.2) is 31.8 Å². The first-order valence-electron chi connectivity index (χ1n) is 5.93. The van der Waals surface area contributed by atoms with Crippen molar-refractivity contribution in [2.75, 3.05) is 6.54 Å². The quantitative estimate of drug-likeness (QED) is 0.595. The number of non-ortho nitro benzene ring substituents is 1. The van der Waals surface area contributed by atoms with Gasteiger partial charge in [0.05, 0.1) is 16.0 Å². The SMILES string of the molecule is CCNC(=O)[C@H](C)NS(=O)(=O)c1cc([N+](=O)[O-])ccc1Cl. The minimum atomic E-state index is -4.16. The summed E-state index contributed by atoms with van der Waals surface area (Å²) in [7, 11) is -4.16. The highest BCUT2D eigenvalue weighted by atomic mass is 35.5. The number of amides is 1. The summed E-state index contributed by atoms with van der Waals surface area (Å²) in [6.45, 7) is 3.40. The molecule has 2 N–H and O–H groups in total. The summed E-state index contributed by atoms with van der Waals surface area (Å²) in [4.78, 5) is 21.0. The van der Waals surface area contributed by atoms with E-state index in [1.807, 2.05) is 0 Å². The van der Waals surface area contributed by atoms with E-state index >= 15 is 0 Å². The molecule has 0 aliphatic carbocycles. The van der Waals surface area contributed by atoms with Gasteiger partial charge in [-0.3, -0.25) is 14.9 Å². The number of hydrogen-bond acceptors (Lipinski definition) is 5. The van der Waals surface area contributed by atoms with E-state index in [1.54, 1.807) is 6.92 Å². The molecule has 0 radical (unpaired) electrons. The van der Waals surface area contributed by atoms with E-state index in [2.05, 4.69) is 10.0 Å². The lowest BCUT2D eigenvalue weighted by Crippen LogP contribution is -2.44. The van der Waals surface area contributed by atoms with Gasteiger partial charge in [0.2, 0.25) is 15.9 Å². The van der Waals surface area contributed by atoms with Crippen LogP contribution in [0.15, 0.2) is 23.1 Å².